The lowest BCUT2D eigenvalue weighted by molar-refractivity contribution is -0.141. The molecule has 1 aliphatic rings. The van der Waals surface area contributed by atoms with Crippen LogP contribution in [0, 0.1) is 6.92 Å². The first-order chi connectivity index (χ1) is 10.4. The topological polar surface area (TPSA) is 45.2 Å². The first-order valence-electron chi connectivity index (χ1n) is 6.75. The number of halogens is 3. The van der Waals surface area contributed by atoms with Crippen LogP contribution in [-0.4, -0.2) is 41.1 Å². The van der Waals surface area contributed by atoms with Gasteiger partial charge in [0.15, 0.2) is 5.13 Å². The van der Waals surface area contributed by atoms with E-state index in [2.05, 4.69) is 19.9 Å². The zero-order valence-electron chi connectivity index (χ0n) is 11.8. The van der Waals surface area contributed by atoms with Crippen molar-refractivity contribution in [2.75, 3.05) is 36.0 Å². The number of thiazole rings is 1. The Morgan fingerprint density at radius 2 is 1.73 bits per heavy atom. The molecular formula is C13H14F3N5S. The van der Waals surface area contributed by atoms with Gasteiger partial charge in [0.05, 0.1) is 0 Å². The number of rotatable bonds is 2. The van der Waals surface area contributed by atoms with Crippen LogP contribution in [0.4, 0.5) is 24.1 Å². The quantitative estimate of drug-likeness (QED) is 0.847. The highest BCUT2D eigenvalue weighted by Crippen LogP contribution is 2.29. The van der Waals surface area contributed by atoms with Gasteiger partial charge in [0.1, 0.15) is 17.8 Å². The van der Waals surface area contributed by atoms with Crippen LogP contribution < -0.4 is 9.80 Å². The van der Waals surface area contributed by atoms with Crippen LogP contribution in [0.25, 0.3) is 0 Å². The monoisotopic (exact) mass is 329 g/mol. The highest BCUT2D eigenvalue weighted by Gasteiger charge is 2.33. The maximum atomic E-state index is 12.7. The van der Waals surface area contributed by atoms with Crippen molar-refractivity contribution in [3.8, 4) is 0 Å². The molecule has 0 aromatic carbocycles. The predicted octanol–water partition coefficient (Wildman–Crippen LogP) is 2.59. The van der Waals surface area contributed by atoms with Crippen molar-refractivity contribution in [3.63, 3.8) is 0 Å². The molecule has 0 radical (unpaired) electrons. The number of hydrogen-bond donors (Lipinski definition) is 0. The molecule has 0 amide bonds. The van der Waals surface area contributed by atoms with Gasteiger partial charge in [0.2, 0.25) is 0 Å². The zero-order chi connectivity index (χ0) is 15.7. The summed E-state index contributed by atoms with van der Waals surface area (Å²) in [5.74, 6) is 0.317. The molecule has 3 rings (SSSR count). The second kappa shape index (κ2) is 5.71. The summed E-state index contributed by atoms with van der Waals surface area (Å²) in [4.78, 5) is 16.7. The van der Waals surface area contributed by atoms with Gasteiger partial charge in [-0.1, -0.05) is 0 Å². The normalized spacial score (nSPS) is 16.2. The summed E-state index contributed by atoms with van der Waals surface area (Å²) in [7, 11) is 0. The van der Waals surface area contributed by atoms with E-state index in [0.29, 0.717) is 32.0 Å². The summed E-state index contributed by atoms with van der Waals surface area (Å²) in [6, 6.07) is 1.00. The molecule has 1 saturated heterocycles. The highest BCUT2D eigenvalue weighted by molar-refractivity contribution is 7.15. The summed E-state index contributed by atoms with van der Waals surface area (Å²) in [5.41, 5.74) is -0.907. The van der Waals surface area contributed by atoms with Gasteiger partial charge in [-0.3, -0.25) is 0 Å². The van der Waals surface area contributed by atoms with E-state index in [9.17, 15) is 13.2 Å². The number of hydrogen-bond acceptors (Lipinski definition) is 6. The third-order valence-electron chi connectivity index (χ3n) is 3.43. The van der Waals surface area contributed by atoms with Crippen LogP contribution in [0.1, 0.15) is 10.6 Å². The van der Waals surface area contributed by atoms with Gasteiger partial charge in [0.25, 0.3) is 0 Å². The molecule has 0 bridgehead atoms. The number of anilines is 2. The molecule has 1 fully saturated rings. The van der Waals surface area contributed by atoms with E-state index in [1.54, 1.807) is 11.3 Å². The summed E-state index contributed by atoms with van der Waals surface area (Å²) in [5, 5.41) is 0.954. The van der Waals surface area contributed by atoms with Gasteiger partial charge in [0, 0.05) is 43.3 Å². The predicted molar refractivity (Wildman–Crippen MR) is 78.3 cm³/mol. The Kier molecular flexibility index (Phi) is 3.90. The van der Waals surface area contributed by atoms with Crippen molar-refractivity contribution < 1.29 is 13.2 Å². The van der Waals surface area contributed by atoms with E-state index in [1.165, 1.54) is 0 Å². The standard InChI is InChI=1S/C13H14F3N5S/c1-9-7-17-12(22-9)21-4-2-20(3-5-21)11-6-10(13(14,15)16)18-8-19-11/h6-8H,2-5H2,1H3. The van der Waals surface area contributed by atoms with Crippen molar-refractivity contribution in [3.05, 3.63) is 29.2 Å². The summed E-state index contributed by atoms with van der Waals surface area (Å²) in [6.45, 7) is 4.62. The third kappa shape index (κ3) is 3.13. The Hall–Kier alpha value is -1.90. The van der Waals surface area contributed by atoms with Crippen LogP contribution in [0.2, 0.25) is 0 Å². The lowest BCUT2D eigenvalue weighted by atomic mass is 10.3. The van der Waals surface area contributed by atoms with Gasteiger partial charge < -0.3 is 9.80 Å². The smallest absolute Gasteiger partial charge is 0.353 e. The lowest BCUT2D eigenvalue weighted by Crippen LogP contribution is -2.46. The summed E-state index contributed by atoms with van der Waals surface area (Å²) >= 11 is 1.62. The minimum Gasteiger partial charge on any atom is -0.353 e. The Labute approximate surface area is 129 Å². The minimum absolute atomic E-state index is 0.317. The van der Waals surface area contributed by atoms with E-state index in [1.807, 2.05) is 18.0 Å². The zero-order valence-corrected chi connectivity index (χ0v) is 12.7. The second-order valence-electron chi connectivity index (χ2n) is 4.99. The molecule has 2 aromatic heterocycles. The van der Waals surface area contributed by atoms with Crippen LogP contribution >= 0.6 is 11.3 Å². The van der Waals surface area contributed by atoms with Crippen LogP contribution in [0.3, 0.4) is 0 Å². The van der Waals surface area contributed by atoms with Crippen molar-refractivity contribution >= 4 is 22.3 Å². The molecular weight excluding hydrogens is 315 g/mol. The van der Waals surface area contributed by atoms with Gasteiger partial charge in [-0.15, -0.1) is 11.3 Å². The number of nitrogens with zero attached hydrogens (tertiary/aromatic N) is 5. The number of piperazine rings is 1. The average Bonchev–Trinajstić information content (AvgIpc) is 2.93. The Morgan fingerprint density at radius 3 is 2.32 bits per heavy atom. The first-order valence-corrected chi connectivity index (χ1v) is 7.57. The van der Waals surface area contributed by atoms with Gasteiger partial charge >= 0.3 is 6.18 Å². The summed E-state index contributed by atoms with van der Waals surface area (Å²) in [6.07, 6.45) is -1.65. The van der Waals surface area contributed by atoms with E-state index in [-0.39, 0.29) is 0 Å². The van der Waals surface area contributed by atoms with Crippen molar-refractivity contribution in [2.45, 2.75) is 13.1 Å². The fourth-order valence-corrected chi connectivity index (χ4v) is 3.10. The fraction of sp³-hybridized carbons (Fsp3) is 0.462. The average molecular weight is 329 g/mol. The fourth-order valence-electron chi connectivity index (χ4n) is 2.29. The molecule has 9 heteroatoms. The third-order valence-corrected chi connectivity index (χ3v) is 4.40. The van der Waals surface area contributed by atoms with E-state index in [4.69, 9.17) is 0 Å². The van der Waals surface area contributed by atoms with E-state index >= 15 is 0 Å². The molecule has 0 atom stereocenters. The lowest BCUT2D eigenvalue weighted by Gasteiger charge is -2.35. The maximum absolute atomic E-state index is 12.7. The van der Waals surface area contributed by atoms with Gasteiger partial charge in [-0.05, 0) is 6.92 Å². The molecule has 0 unspecified atom stereocenters. The Balaban J connectivity index is 1.69. The molecule has 1 aliphatic heterocycles. The van der Waals surface area contributed by atoms with E-state index in [0.717, 1.165) is 22.4 Å². The molecule has 0 aliphatic carbocycles. The SMILES string of the molecule is Cc1cnc(N2CCN(c3cc(C(F)(F)F)ncn3)CC2)s1. The molecule has 22 heavy (non-hydrogen) atoms. The van der Waals surface area contributed by atoms with Crippen LogP contribution in [-0.2, 0) is 6.18 Å². The molecule has 2 aromatic rings. The molecule has 5 nitrogen and oxygen atoms in total. The second-order valence-corrected chi connectivity index (χ2v) is 6.20. The summed E-state index contributed by atoms with van der Waals surface area (Å²) < 4.78 is 38.1. The molecule has 0 saturated carbocycles. The highest BCUT2D eigenvalue weighted by atomic mass is 32.1. The maximum Gasteiger partial charge on any atom is 0.433 e. The molecule has 0 N–H and O–H groups in total. The van der Waals surface area contributed by atoms with Crippen molar-refractivity contribution in [1.82, 2.24) is 15.0 Å². The van der Waals surface area contributed by atoms with Crippen molar-refractivity contribution in [2.24, 2.45) is 0 Å². The molecule has 118 valence electrons. The number of aromatic nitrogens is 3. The van der Waals surface area contributed by atoms with Crippen LogP contribution in [0.15, 0.2) is 18.6 Å². The Morgan fingerprint density at radius 1 is 1.05 bits per heavy atom. The molecule has 3 heterocycles. The first kappa shape index (κ1) is 15.0. The van der Waals surface area contributed by atoms with Crippen molar-refractivity contribution in [1.29, 1.82) is 0 Å². The Bertz CT molecular complexity index is 649. The van der Waals surface area contributed by atoms with Crippen LogP contribution in [0.5, 0.6) is 0 Å². The number of alkyl halides is 3. The molecule has 0 spiro atoms. The minimum atomic E-state index is -4.45. The van der Waals surface area contributed by atoms with Gasteiger partial charge in [-0.25, -0.2) is 15.0 Å². The van der Waals surface area contributed by atoms with E-state index < -0.39 is 11.9 Å². The number of aryl methyl sites for hydroxylation is 1. The largest absolute Gasteiger partial charge is 0.433 e. The van der Waals surface area contributed by atoms with Gasteiger partial charge in [-0.2, -0.15) is 13.2 Å².